The second-order valence-corrected chi connectivity index (χ2v) is 3.51. The monoisotopic (exact) mass is 199 g/mol. The molecule has 13 heavy (non-hydrogen) atoms. The predicted molar refractivity (Wildman–Crippen MR) is 55.0 cm³/mol. The smallest absolute Gasteiger partial charge is 0.134 e. The van der Waals surface area contributed by atoms with Gasteiger partial charge in [-0.3, -0.25) is 0 Å². The van der Waals surface area contributed by atoms with Gasteiger partial charge in [-0.1, -0.05) is 31.0 Å². The molecule has 0 aliphatic carbocycles. The standard InChI is InChI=1S/C10H14ClNO/c1-2-3-9(12)7-4-5-10(13)8(11)6-7/h4-6,9,13H,2-3,12H2,1H3/t9-/m1/s1. The Morgan fingerprint density at radius 3 is 2.77 bits per heavy atom. The Morgan fingerprint density at radius 2 is 2.23 bits per heavy atom. The number of aromatic hydroxyl groups is 1. The van der Waals surface area contributed by atoms with Crippen LogP contribution >= 0.6 is 11.6 Å². The molecular weight excluding hydrogens is 186 g/mol. The summed E-state index contributed by atoms with van der Waals surface area (Å²) < 4.78 is 0. The van der Waals surface area contributed by atoms with Crippen LogP contribution in [0.1, 0.15) is 31.4 Å². The van der Waals surface area contributed by atoms with Gasteiger partial charge in [0, 0.05) is 6.04 Å². The molecule has 3 N–H and O–H groups in total. The van der Waals surface area contributed by atoms with E-state index in [-0.39, 0.29) is 11.8 Å². The largest absolute Gasteiger partial charge is 0.506 e. The first-order valence-electron chi connectivity index (χ1n) is 4.39. The topological polar surface area (TPSA) is 46.2 Å². The van der Waals surface area contributed by atoms with Crippen molar-refractivity contribution in [2.75, 3.05) is 0 Å². The summed E-state index contributed by atoms with van der Waals surface area (Å²) in [6, 6.07) is 5.12. The summed E-state index contributed by atoms with van der Waals surface area (Å²) in [6.07, 6.45) is 1.97. The third kappa shape index (κ3) is 2.61. The van der Waals surface area contributed by atoms with Crippen LogP contribution in [0, 0.1) is 0 Å². The summed E-state index contributed by atoms with van der Waals surface area (Å²) in [7, 11) is 0. The van der Waals surface area contributed by atoms with Gasteiger partial charge in [0.2, 0.25) is 0 Å². The molecule has 0 heterocycles. The van der Waals surface area contributed by atoms with Crippen molar-refractivity contribution in [3.63, 3.8) is 0 Å². The Bertz CT molecular complexity index is 288. The highest BCUT2D eigenvalue weighted by molar-refractivity contribution is 6.32. The van der Waals surface area contributed by atoms with Gasteiger partial charge in [-0.25, -0.2) is 0 Å². The first-order chi connectivity index (χ1) is 6.15. The minimum atomic E-state index is 0.0168. The van der Waals surface area contributed by atoms with Crippen molar-refractivity contribution in [3.8, 4) is 5.75 Å². The van der Waals surface area contributed by atoms with E-state index in [9.17, 15) is 5.11 Å². The Kier molecular flexibility index (Phi) is 3.58. The summed E-state index contributed by atoms with van der Waals surface area (Å²) in [5, 5.41) is 9.55. The van der Waals surface area contributed by atoms with E-state index in [1.165, 1.54) is 0 Å². The number of halogens is 1. The third-order valence-electron chi connectivity index (χ3n) is 2.00. The molecule has 0 spiro atoms. The molecule has 0 amide bonds. The van der Waals surface area contributed by atoms with Gasteiger partial charge < -0.3 is 10.8 Å². The van der Waals surface area contributed by atoms with Gasteiger partial charge in [0.1, 0.15) is 5.75 Å². The number of nitrogens with two attached hydrogens (primary N) is 1. The van der Waals surface area contributed by atoms with E-state index in [2.05, 4.69) is 6.92 Å². The van der Waals surface area contributed by atoms with Gasteiger partial charge in [-0.15, -0.1) is 0 Å². The van der Waals surface area contributed by atoms with Gasteiger partial charge in [0.25, 0.3) is 0 Å². The minimum absolute atomic E-state index is 0.0168. The molecule has 0 aliphatic rings. The molecule has 2 nitrogen and oxygen atoms in total. The predicted octanol–water partition coefficient (Wildman–Crippen LogP) is 2.85. The Morgan fingerprint density at radius 1 is 1.54 bits per heavy atom. The molecule has 0 radical (unpaired) electrons. The fourth-order valence-electron chi connectivity index (χ4n) is 1.23. The maximum atomic E-state index is 9.18. The molecule has 1 atom stereocenters. The highest BCUT2D eigenvalue weighted by Crippen LogP contribution is 2.27. The molecule has 0 aromatic heterocycles. The number of phenolic OH excluding ortho intramolecular Hbond substituents is 1. The molecule has 0 fully saturated rings. The van der Waals surface area contributed by atoms with Crippen LogP contribution in [0.5, 0.6) is 5.75 Å². The van der Waals surface area contributed by atoms with Crippen molar-refractivity contribution in [3.05, 3.63) is 28.8 Å². The summed E-state index contributed by atoms with van der Waals surface area (Å²) >= 11 is 5.75. The number of phenols is 1. The molecule has 3 heteroatoms. The van der Waals surface area contributed by atoms with Gasteiger partial charge in [0.05, 0.1) is 5.02 Å². The van der Waals surface area contributed by atoms with E-state index in [0.29, 0.717) is 5.02 Å². The molecule has 1 aromatic carbocycles. The Labute approximate surface area is 83.3 Å². The van der Waals surface area contributed by atoms with Crippen molar-refractivity contribution in [1.29, 1.82) is 0 Å². The summed E-state index contributed by atoms with van der Waals surface area (Å²) in [6.45, 7) is 2.09. The average molecular weight is 200 g/mol. The lowest BCUT2D eigenvalue weighted by atomic mass is 10.0. The first-order valence-corrected chi connectivity index (χ1v) is 4.77. The Balaban J connectivity index is 2.84. The number of hydrogen-bond donors (Lipinski definition) is 2. The van der Waals surface area contributed by atoms with Crippen molar-refractivity contribution >= 4 is 11.6 Å². The van der Waals surface area contributed by atoms with Crippen molar-refractivity contribution in [2.45, 2.75) is 25.8 Å². The van der Waals surface area contributed by atoms with Gasteiger partial charge >= 0.3 is 0 Å². The van der Waals surface area contributed by atoms with Gasteiger partial charge in [-0.05, 0) is 24.1 Å². The lowest BCUT2D eigenvalue weighted by molar-refractivity contribution is 0.475. The second kappa shape index (κ2) is 4.49. The highest BCUT2D eigenvalue weighted by Gasteiger charge is 2.06. The maximum absolute atomic E-state index is 9.18. The molecular formula is C10H14ClNO. The molecule has 1 rings (SSSR count). The van der Waals surface area contributed by atoms with Crippen LogP contribution in [-0.4, -0.2) is 5.11 Å². The molecule has 0 aliphatic heterocycles. The van der Waals surface area contributed by atoms with E-state index < -0.39 is 0 Å². The second-order valence-electron chi connectivity index (χ2n) is 3.11. The summed E-state index contributed by atoms with van der Waals surface area (Å²) in [5.74, 6) is 0.106. The van der Waals surface area contributed by atoms with Crippen LogP contribution in [0.2, 0.25) is 5.02 Å². The zero-order chi connectivity index (χ0) is 9.84. The minimum Gasteiger partial charge on any atom is -0.506 e. The molecule has 1 aromatic rings. The number of benzene rings is 1. The lowest BCUT2D eigenvalue weighted by Gasteiger charge is -2.11. The van der Waals surface area contributed by atoms with Crippen molar-refractivity contribution in [2.24, 2.45) is 5.73 Å². The summed E-state index contributed by atoms with van der Waals surface area (Å²) in [5.41, 5.74) is 6.86. The SMILES string of the molecule is CCC[C@@H](N)c1ccc(O)c(Cl)c1. The maximum Gasteiger partial charge on any atom is 0.134 e. The molecule has 0 bridgehead atoms. The van der Waals surface area contributed by atoms with Crippen LogP contribution < -0.4 is 5.73 Å². The number of hydrogen-bond acceptors (Lipinski definition) is 2. The van der Waals surface area contributed by atoms with Crippen molar-refractivity contribution in [1.82, 2.24) is 0 Å². The van der Waals surface area contributed by atoms with Crippen molar-refractivity contribution < 1.29 is 5.11 Å². The van der Waals surface area contributed by atoms with Crippen LogP contribution in [0.3, 0.4) is 0 Å². The van der Waals surface area contributed by atoms with Gasteiger partial charge in [-0.2, -0.15) is 0 Å². The quantitative estimate of drug-likeness (QED) is 0.787. The third-order valence-corrected chi connectivity index (χ3v) is 2.30. The fourth-order valence-corrected chi connectivity index (χ4v) is 1.42. The normalized spacial score (nSPS) is 12.8. The van der Waals surface area contributed by atoms with Crippen LogP contribution in [0.4, 0.5) is 0 Å². The lowest BCUT2D eigenvalue weighted by Crippen LogP contribution is -2.09. The molecule has 0 saturated carbocycles. The zero-order valence-electron chi connectivity index (χ0n) is 7.63. The van der Waals surface area contributed by atoms with E-state index in [4.69, 9.17) is 17.3 Å². The van der Waals surface area contributed by atoms with Gasteiger partial charge in [0.15, 0.2) is 0 Å². The molecule has 0 unspecified atom stereocenters. The van der Waals surface area contributed by atoms with E-state index in [1.54, 1.807) is 12.1 Å². The van der Waals surface area contributed by atoms with Crippen LogP contribution in [-0.2, 0) is 0 Å². The number of rotatable bonds is 3. The van der Waals surface area contributed by atoms with Crippen LogP contribution in [0.25, 0.3) is 0 Å². The first kappa shape index (κ1) is 10.4. The van der Waals surface area contributed by atoms with E-state index >= 15 is 0 Å². The fraction of sp³-hybridized carbons (Fsp3) is 0.400. The zero-order valence-corrected chi connectivity index (χ0v) is 8.38. The highest BCUT2D eigenvalue weighted by atomic mass is 35.5. The Hall–Kier alpha value is -0.730. The molecule has 72 valence electrons. The molecule has 0 saturated heterocycles. The van der Waals surface area contributed by atoms with E-state index in [0.717, 1.165) is 18.4 Å². The van der Waals surface area contributed by atoms with Crippen LogP contribution in [0.15, 0.2) is 18.2 Å². The average Bonchev–Trinajstić information content (AvgIpc) is 2.10. The summed E-state index contributed by atoms with van der Waals surface area (Å²) in [4.78, 5) is 0. The van der Waals surface area contributed by atoms with E-state index in [1.807, 2.05) is 6.07 Å².